The van der Waals surface area contributed by atoms with E-state index in [1.165, 1.54) is 22.3 Å². The van der Waals surface area contributed by atoms with Crippen molar-refractivity contribution in [1.82, 2.24) is 10.0 Å². The number of fused-ring (bicyclic) bond motifs is 1. The zero-order valence-electron chi connectivity index (χ0n) is 16.4. The van der Waals surface area contributed by atoms with Gasteiger partial charge in [0, 0.05) is 23.4 Å². The maximum Gasteiger partial charge on any atom is 0.245 e. The third kappa shape index (κ3) is 5.47. The van der Waals surface area contributed by atoms with Gasteiger partial charge in [-0.2, -0.15) is 4.72 Å². The molecule has 4 rings (SSSR count). The van der Waals surface area contributed by atoms with E-state index in [9.17, 15) is 13.2 Å². The van der Waals surface area contributed by atoms with Gasteiger partial charge in [0.15, 0.2) is 0 Å². The van der Waals surface area contributed by atoms with Crippen LogP contribution >= 0.6 is 35.3 Å². The van der Waals surface area contributed by atoms with E-state index < -0.39 is 22.0 Å². The minimum atomic E-state index is -3.84. The molecule has 1 fully saturated rings. The Balaban J connectivity index is 0.00000272. The van der Waals surface area contributed by atoms with Gasteiger partial charge in [0.1, 0.15) is 11.9 Å². The second kappa shape index (κ2) is 9.97. The van der Waals surface area contributed by atoms with E-state index in [1.54, 1.807) is 18.2 Å². The van der Waals surface area contributed by atoms with Gasteiger partial charge < -0.3 is 10.2 Å². The first-order valence-electron chi connectivity index (χ1n) is 9.62. The highest BCUT2D eigenvalue weighted by Crippen LogP contribution is 2.30. The first-order chi connectivity index (χ1) is 14.3. The fraction of sp³-hybridized carbons (Fsp3) is 0.350. The molecule has 3 heterocycles. The number of sulfonamides is 1. The second-order valence-electron chi connectivity index (χ2n) is 7.26. The molecule has 2 aromatic rings. The lowest BCUT2D eigenvalue weighted by Crippen LogP contribution is -2.41. The number of anilines is 1. The van der Waals surface area contributed by atoms with Crippen LogP contribution in [0.2, 0.25) is 4.34 Å². The van der Waals surface area contributed by atoms with Crippen molar-refractivity contribution in [2.24, 2.45) is 0 Å². The molecule has 1 atom stereocenters. The number of halogens is 3. The quantitative estimate of drug-likeness (QED) is 0.649. The molecule has 0 radical (unpaired) electrons. The minimum absolute atomic E-state index is 0. The number of hydrogen-bond donors (Lipinski definition) is 2. The summed E-state index contributed by atoms with van der Waals surface area (Å²) in [6.07, 6.45) is 3.13. The Labute approximate surface area is 195 Å². The lowest BCUT2D eigenvalue weighted by Gasteiger charge is -2.20. The molecule has 31 heavy (non-hydrogen) atoms. The molecule has 6 nitrogen and oxygen atoms in total. The van der Waals surface area contributed by atoms with Gasteiger partial charge in [0.25, 0.3) is 0 Å². The predicted molar refractivity (Wildman–Crippen MR) is 125 cm³/mol. The topological polar surface area (TPSA) is 78.5 Å². The third-order valence-corrected chi connectivity index (χ3v) is 7.53. The van der Waals surface area contributed by atoms with Crippen molar-refractivity contribution in [1.29, 1.82) is 0 Å². The van der Waals surface area contributed by atoms with E-state index in [2.05, 4.69) is 10.0 Å². The van der Waals surface area contributed by atoms with Gasteiger partial charge in [-0.05, 0) is 61.2 Å². The molecule has 0 spiro atoms. The molecule has 2 N–H and O–H groups in total. The molecule has 0 bridgehead atoms. The Morgan fingerprint density at radius 3 is 2.84 bits per heavy atom. The summed E-state index contributed by atoms with van der Waals surface area (Å²) < 4.78 is 42.9. The maximum atomic E-state index is 15.2. The first-order valence-corrected chi connectivity index (χ1v) is 12.4. The largest absolute Gasteiger partial charge is 0.313 e. The number of thiophene rings is 1. The van der Waals surface area contributed by atoms with Gasteiger partial charge in [-0.3, -0.25) is 4.79 Å². The Morgan fingerprint density at radius 2 is 2.10 bits per heavy atom. The van der Waals surface area contributed by atoms with Crippen LogP contribution in [0.25, 0.3) is 6.08 Å². The predicted octanol–water partition coefficient (Wildman–Crippen LogP) is 3.69. The van der Waals surface area contributed by atoms with Crippen molar-refractivity contribution in [2.75, 3.05) is 18.0 Å². The van der Waals surface area contributed by atoms with Crippen molar-refractivity contribution in [3.63, 3.8) is 0 Å². The second-order valence-corrected chi connectivity index (χ2v) is 10.6. The van der Waals surface area contributed by atoms with Gasteiger partial charge in [-0.15, -0.1) is 23.7 Å². The fourth-order valence-corrected chi connectivity index (χ4v) is 5.82. The van der Waals surface area contributed by atoms with Crippen LogP contribution in [0.3, 0.4) is 0 Å². The van der Waals surface area contributed by atoms with Crippen molar-refractivity contribution < 1.29 is 17.6 Å². The average molecular weight is 506 g/mol. The zero-order chi connectivity index (χ0) is 21.3. The zero-order valence-corrected chi connectivity index (χ0v) is 19.6. The van der Waals surface area contributed by atoms with Crippen LogP contribution in [0.15, 0.2) is 29.7 Å². The van der Waals surface area contributed by atoms with Crippen LogP contribution in [0, 0.1) is 5.82 Å². The number of nitrogens with zero attached hydrogens (tertiary/aromatic N) is 1. The van der Waals surface area contributed by atoms with Crippen molar-refractivity contribution in [3.05, 3.63) is 55.8 Å². The standard InChI is InChI=1S/C20H21ClFN3O3S2.ClH/c21-18-6-4-14(29-18)8-11-30(27,28)24-16-7-10-25(20(16)26)17-5-3-13-12-23-9-1-2-15(13)19(17)22;/h3-6,8,11,16,23-24H,1-2,7,9-10,12H2;1H/b11-8+;/t16-;/m0./s1. The highest BCUT2D eigenvalue weighted by molar-refractivity contribution is 7.92. The van der Waals surface area contributed by atoms with Crippen molar-refractivity contribution in [2.45, 2.75) is 31.8 Å². The van der Waals surface area contributed by atoms with Gasteiger partial charge in [-0.1, -0.05) is 17.7 Å². The highest BCUT2D eigenvalue weighted by Gasteiger charge is 2.36. The van der Waals surface area contributed by atoms with Crippen LogP contribution in [-0.4, -0.2) is 33.5 Å². The van der Waals surface area contributed by atoms with E-state index in [-0.39, 0.29) is 36.9 Å². The smallest absolute Gasteiger partial charge is 0.245 e. The molecular formula is C20H22Cl2FN3O3S2. The third-order valence-electron chi connectivity index (χ3n) is 5.22. The summed E-state index contributed by atoms with van der Waals surface area (Å²) in [5.74, 6) is -0.834. The Bertz CT molecular complexity index is 1110. The molecule has 2 aliphatic heterocycles. The first kappa shape index (κ1) is 24.2. The highest BCUT2D eigenvalue weighted by atomic mass is 35.5. The SMILES string of the molecule is Cl.O=C1[C@@H](NS(=O)(=O)/C=C/c2ccc(Cl)s2)CCN1c1ccc2c(c1F)CCCNC2. The summed E-state index contributed by atoms with van der Waals surface area (Å²) in [5, 5.41) is 4.26. The number of amides is 1. The molecule has 0 unspecified atom stereocenters. The van der Waals surface area contributed by atoms with E-state index in [0.29, 0.717) is 27.7 Å². The summed E-state index contributed by atoms with van der Waals surface area (Å²) in [6.45, 7) is 1.68. The van der Waals surface area contributed by atoms with Gasteiger partial charge >= 0.3 is 0 Å². The fourth-order valence-electron chi connectivity index (χ4n) is 3.75. The molecule has 11 heteroatoms. The van der Waals surface area contributed by atoms with Crippen LogP contribution in [0.4, 0.5) is 10.1 Å². The van der Waals surface area contributed by atoms with Crippen LogP contribution in [0.5, 0.6) is 0 Å². The van der Waals surface area contributed by atoms with Crippen molar-refractivity contribution in [3.8, 4) is 0 Å². The molecule has 0 aliphatic carbocycles. The number of nitrogens with one attached hydrogen (secondary N) is 2. The van der Waals surface area contributed by atoms with Gasteiger partial charge in [0.05, 0.1) is 10.0 Å². The monoisotopic (exact) mass is 505 g/mol. The van der Waals surface area contributed by atoms with Crippen LogP contribution < -0.4 is 14.9 Å². The van der Waals surface area contributed by atoms with Gasteiger partial charge in [-0.25, -0.2) is 12.8 Å². The normalized spacial score (nSPS) is 19.4. The average Bonchev–Trinajstić information content (AvgIpc) is 3.17. The van der Waals surface area contributed by atoms with Crippen LogP contribution in [-0.2, 0) is 27.8 Å². The lowest BCUT2D eigenvalue weighted by molar-refractivity contribution is -0.118. The summed E-state index contributed by atoms with van der Waals surface area (Å²) >= 11 is 7.09. The van der Waals surface area contributed by atoms with Crippen LogP contribution in [0.1, 0.15) is 28.8 Å². The van der Waals surface area contributed by atoms with E-state index >= 15 is 4.39 Å². The molecule has 1 aromatic heterocycles. The van der Waals surface area contributed by atoms with E-state index in [4.69, 9.17) is 11.6 Å². The van der Waals surface area contributed by atoms with E-state index in [1.807, 2.05) is 6.07 Å². The number of carbonyl (C=O) groups excluding carboxylic acids is 1. The summed E-state index contributed by atoms with van der Waals surface area (Å²) in [4.78, 5) is 14.9. The number of hydrogen-bond acceptors (Lipinski definition) is 5. The summed E-state index contributed by atoms with van der Waals surface area (Å²) in [6, 6.07) is 5.90. The summed E-state index contributed by atoms with van der Waals surface area (Å²) in [7, 11) is -3.84. The molecular weight excluding hydrogens is 484 g/mol. The maximum absolute atomic E-state index is 15.2. The Hall–Kier alpha value is -1.49. The molecule has 1 amide bonds. The van der Waals surface area contributed by atoms with Gasteiger partial charge in [0.2, 0.25) is 15.9 Å². The Morgan fingerprint density at radius 1 is 1.29 bits per heavy atom. The van der Waals surface area contributed by atoms with Crippen molar-refractivity contribution >= 4 is 63.0 Å². The Kier molecular flexibility index (Phi) is 7.77. The molecule has 0 saturated carbocycles. The van der Waals surface area contributed by atoms with E-state index in [0.717, 1.165) is 23.9 Å². The molecule has 168 valence electrons. The number of benzene rings is 1. The molecule has 1 aromatic carbocycles. The summed E-state index contributed by atoms with van der Waals surface area (Å²) in [5.41, 5.74) is 1.74. The number of rotatable bonds is 5. The lowest BCUT2D eigenvalue weighted by atomic mass is 10.0. The molecule has 1 saturated heterocycles. The minimum Gasteiger partial charge on any atom is -0.313 e. The number of carbonyl (C=O) groups is 1. The molecule has 2 aliphatic rings.